The first-order valence-corrected chi connectivity index (χ1v) is 6.62. The van der Waals surface area contributed by atoms with E-state index in [1.807, 2.05) is 4.90 Å². The van der Waals surface area contributed by atoms with E-state index in [9.17, 15) is 13.2 Å². The summed E-state index contributed by atoms with van der Waals surface area (Å²) in [6.45, 7) is 0.816. The van der Waals surface area contributed by atoms with Gasteiger partial charge in [-0.25, -0.2) is 0 Å². The second-order valence-corrected chi connectivity index (χ2v) is 5.20. The van der Waals surface area contributed by atoms with E-state index in [4.69, 9.17) is 5.11 Å². The molecule has 0 amide bonds. The van der Waals surface area contributed by atoms with E-state index in [-0.39, 0.29) is 12.6 Å². The minimum absolute atomic E-state index is 0.105. The first-order chi connectivity index (χ1) is 8.52. The van der Waals surface area contributed by atoms with Gasteiger partial charge >= 0.3 is 6.18 Å². The summed E-state index contributed by atoms with van der Waals surface area (Å²) < 4.78 is 37.3. The minimum Gasteiger partial charge on any atom is -0.396 e. The van der Waals surface area contributed by atoms with Gasteiger partial charge < -0.3 is 10.0 Å². The van der Waals surface area contributed by atoms with Crippen LogP contribution in [0, 0.1) is 0 Å². The van der Waals surface area contributed by atoms with Gasteiger partial charge in [-0.2, -0.15) is 13.2 Å². The molecule has 1 fully saturated rings. The first kappa shape index (κ1) is 13.5. The van der Waals surface area contributed by atoms with E-state index in [1.54, 1.807) is 0 Å². The summed E-state index contributed by atoms with van der Waals surface area (Å²) in [6, 6.07) is 0.172. The molecule has 0 bridgehead atoms. The van der Waals surface area contributed by atoms with Gasteiger partial charge in [-0.15, -0.1) is 10.2 Å². The van der Waals surface area contributed by atoms with E-state index in [0.29, 0.717) is 29.4 Å². The average molecular weight is 281 g/mol. The zero-order valence-corrected chi connectivity index (χ0v) is 10.5. The van der Waals surface area contributed by atoms with Crippen molar-refractivity contribution in [2.24, 2.45) is 0 Å². The molecule has 1 aromatic rings. The molecule has 8 heteroatoms. The maximum atomic E-state index is 12.4. The van der Waals surface area contributed by atoms with Gasteiger partial charge in [-0.1, -0.05) is 11.3 Å². The minimum atomic E-state index is -4.42. The Morgan fingerprint density at radius 2 is 2.17 bits per heavy atom. The standard InChI is InChI=1S/C10H14F3N3OS/c11-10(12,13)8-14-15-9(18-8)16-5-1-3-7(16)4-2-6-17/h7,17H,1-6H2. The van der Waals surface area contributed by atoms with Crippen LogP contribution in [0.3, 0.4) is 0 Å². The van der Waals surface area contributed by atoms with Crippen molar-refractivity contribution in [1.29, 1.82) is 0 Å². The van der Waals surface area contributed by atoms with Crippen LogP contribution in [-0.2, 0) is 6.18 Å². The van der Waals surface area contributed by atoms with Crippen molar-refractivity contribution in [3.8, 4) is 0 Å². The molecule has 102 valence electrons. The molecule has 1 saturated heterocycles. The lowest BCUT2D eigenvalue weighted by atomic mass is 10.1. The number of aliphatic hydroxyl groups excluding tert-OH is 1. The molecule has 0 aliphatic carbocycles. The third-order valence-corrected chi connectivity index (χ3v) is 3.98. The summed E-state index contributed by atoms with van der Waals surface area (Å²) in [6.07, 6.45) is -1.11. The van der Waals surface area contributed by atoms with Crippen molar-refractivity contribution in [2.45, 2.75) is 37.9 Å². The van der Waals surface area contributed by atoms with Crippen LogP contribution in [0.2, 0.25) is 0 Å². The van der Waals surface area contributed by atoms with Crippen LogP contribution in [0.15, 0.2) is 0 Å². The lowest BCUT2D eigenvalue weighted by Crippen LogP contribution is -2.29. The molecular formula is C10H14F3N3OS. The van der Waals surface area contributed by atoms with Crippen molar-refractivity contribution < 1.29 is 18.3 Å². The van der Waals surface area contributed by atoms with Gasteiger partial charge in [0.25, 0.3) is 0 Å². The van der Waals surface area contributed by atoms with Gasteiger partial charge in [0.05, 0.1) is 0 Å². The predicted molar refractivity (Wildman–Crippen MR) is 61.6 cm³/mol. The fraction of sp³-hybridized carbons (Fsp3) is 0.800. The third kappa shape index (κ3) is 2.92. The van der Waals surface area contributed by atoms with Crippen LogP contribution in [0.1, 0.15) is 30.7 Å². The Hall–Kier alpha value is -0.890. The van der Waals surface area contributed by atoms with Crippen molar-refractivity contribution in [2.75, 3.05) is 18.1 Å². The highest BCUT2D eigenvalue weighted by molar-refractivity contribution is 7.15. The zero-order valence-electron chi connectivity index (χ0n) is 9.65. The number of nitrogens with zero attached hydrogens (tertiary/aromatic N) is 3. The molecular weight excluding hydrogens is 267 g/mol. The van der Waals surface area contributed by atoms with Crippen LogP contribution in [0.5, 0.6) is 0 Å². The van der Waals surface area contributed by atoms with Crippen LogP contribution >= 0.6 is 11.3 Å². The monoisotopic (exact) mass is 281 g/mol. The number of rotatable bonds is 4. The molecule has 4 nitrogen and oxygen atoms in total. The maximum Gasteiger partial charge on any atom is 0.445 e. The second kappa shape index (κ2) is 5.40. The van der Waals surface area contributed by atoms with Gasteiger partial charge in [0.1, 0.15) is 0 Å². The quantitative estimate of drug-likeness (QED) is 0.920. The van der Waals surface area contributed by atoms with Crippen molar-refractivity contribution in [3.63, 3.8) is 0 Å². The molecule has 1 aromatic heterocycles. The first-order valence-electron chi connectivity index (χ1n) is 5.80. The number of aliphatic hydroxyl groups is 1. The van der Waals surface area contributed by atoms with Crippen LogP contribution in [-0.4, -0.2) is 34.5 Å². The highest BCUT2D eigenvalue weighted by Crippen LogP contribution is 2.36. The Kier molecular flexibility index (Phi) is 4.06. The van der Waals surface area contributed by atoms with Crippen molar-refractivity contribution in [3.05, 3.63) is 5.01 Å². The van der Waals surface area contributed by atoms with Crippen LogP contribution < -0.4 is 4.90 Å². The van der Waals surface area contributed by atoms with Crippen molar-refractivity contribution >= 4 is 16.5 Å². The molecule has 0 radical (unpaired) electrons. The predicted octanol–water partition coefficient (Wildman–Crippen LogP) is 2.30. The Labute approximate surface area is 106 Å². The summed E-state index contributed by atoms with van der Waals surface area (Å²) in [5.41, 5.74) is 0. The largest absolute Gasteiger partial charge is 0.445 e. The van der Waals surface area contributed by atoms with E-state index >= 15 is 0 Å². The van der Waals surface area contributed by atoms with Gasteiger partial charge in [0, 0.05) is 19.2 Å². The van der Waals surface area contributed by atoms with Crippen LogP contribution in [0.4, 0.5) is 18.3 Å². The molecule has 1 unspecified atom stereocenters. The molecule has 0 saturated carbocycles. The Morgan fingerprint density at radius 1 is 1.39 bits per heavy atom. The van der Waals surface area contributed by atoms with Gasteiger partial charge in [-0.3, -0.25) is 0 Å². The zero-order chi connectivity index (χ0) is 13.2. The summed E-state index contributed by atoms with van der Waals surface area (Å²) in [5.74, 6) is 0. The molecule has 0 aromatic carbocycles. The lowest BCUT2D eigenvalue weighted by Gasteiger charge is -2.23. The highest BCUT2D eigenvalue weighted by Gasteiger charge is 2.37. The fourth-order valence-corrected chi connectivity index (χ4v) is 2.97. The SMILES string of the molecule is OCCCC1CCCN1c1nnc(C(F)(F)F)s1. The summed E-state index contributed by atoms with van der Waals surface area (Å²) in [7, 11) is 0. The maximum absolute atomic E-state index is 12.4. The normalized spacial score (nSPS) is 20.7. The highest BCUT2D eigenvalue weighted by atomic mass is 32.1. The number of aromatic nitrogens is 2. The van der Waals surface area contributed by atoms with Crippen LogP contribution in [0.25, 0.3) is 0 Å². The molecule has 1 atom stereocenters. The van der Waals surface area contributed by atoms with Gasteiger partial charge in [-0.05, 0) is 25.7 Å². The summed E-state index contributed by atoms with van der Waals surface area (Å²) in [5, 5.41) is 15.1. The number of halogens is 3. The van der Waals surface area contributed by atoms with Gasteiger partial charge in [0.2, 0.25) is 10.1 Å². The van der Waals surface area contributed by atoms with Crippen molar-refractivity contribution in [1.82, 2.24) is 10.2 Å². The molecule has 2 heterocycles. The topological polar surface area (TPSA) is 49.2 Å². The number of hydrogen-bond donors (Lipinski definition) is 1. The smallest absolute Gasteiger partial charge is 0.396 e. The fourth-order valence-electron chi connectivity index (χ4n) is 2.16. The van der Waals surface area contributed by atoms with E-state index in [1.165, 1.54) is 0 Å². The molecule has 0 spiro atoms. The van der Waals surface area contributed by atoms with Gasteiger partial charge in [0.15, 0.2) is 0 Å². The molecule has 1 aliphatic rings. The third-order valence-electron chi connectivity index (χ3n) is 2.98. The summed E-state index contributed by atoms with van der Waals surface area (Å²) >= 11 is 0.590. The molecule has 1 N–H and O–H groups in total. The summed E-state index contributed by atoms with van der Waals surface area (Å²) in [4.78, 5) is 1.88. The Morgan fingerprint density at radius 3 is 2.78 bits per heavy atom. The van der Waals surface area contributed by atoms with E-state index < -0.39 is 11.2 Å². The number of anilines is 1. The van der Waals surface area contributed by atoms with E-state index in [0.717, 1.165) is 19.3 Å². The van der Waals surface area contributed by atoms with E-state index in [2.05, 4.69) is 10.2 Å². The Bertz CT molecular complexity index is 396. The number of hydrogen-bond acceptors (Lipinski definition) is 5. The Balaban J connectivity index is 2.08. The molecule has 1 aliphatic heterocycles. The lowest BCUT2D eigenvalue weighted by molar-refractivity contribution is -0.138. The average Bonchev–Trinajstić information content (AvgIpc) is 2.93. The molecule has 2 rings (SSSR count). The second-order valence-electron chi connectivity index (χ2n) is 4.24. The molecule has 18 heavy (non-hydrogen) atoms. The number of alkyl halides is 3.